The van der Waals surface area contributed by atoms with Gasteiger partial charge in [-0.25, -0.2) is 8.42 Å². The predicted octanol–water partition coefficient (Wildman–Crippen LogP) is 0.135. The van der Waals surface area contributed by atoms with Gasteiger partial charge in [-0.1, -0.05) is 12.1 Å². The number of carbonyl (C=O) groups excluding carboxylic acids is 1. The summed E-state index contributed by atoms with van der Waals surface area (Å²) in [6.07, 6.45) is 1.15. The van der Waals surface area contributed by atoms with Crippen LogP contribution in [-0.2, 0) is 14.8 Å². The lowest BCUT2D eigenvalue weighted by Gasteiger charge is -2.22. The van der Waals surface area contributed by atoms with Crippen LogP contribution in [0.5, 0.6) is 5.75 Å². The first-order chi connectivity index (χ1) is 9.50. The maximum atomic E-state index is 11.9. The largest absolute Gasteiger partial charge is 0.507 e. The first-order valence-corrected chi connectivity index (χ1v) is 7.72. The van der Waals surface area contributed by atoms with Crippen molar-refractivity contribution in [1.29, 1.82) is 0 Å². The van der Waals surface area contributed by atoms with E-state index in [0.717, 1.165) is 0 Å². The van der Waals surface area contributed by atoms with E-state index in [2.05, 4.69) is 5.43 Å². The fourth-order valence-corrected chi connectivity index (χ4v) is 3.04. The molecule has 1 heterocycles. The average Bonchev–Trinajstić information content (AvgIpc) is 2.46. The molecule has 0 bridgehead atoms. The number of hydrogen-bond acceptors (Lipinski definition) is 5. The van der Waals surface area contributed by atoms with Gasteiger partial charge in [0.15, 0.2) is 0 Å². The highest BCUT2D eigenvalue weighted by Gasteiger charge is 2.28. The van der Waals surface area contributed by atoms with Gasteiger partial charge in [0, 0.05) is 6.61 Å². The number of rotatable bonds is 4. The normalized spacial score (nSPS) is 19.5. The van der Waals surface area contributed by atoms with Crippen LogP contribution in [-0.4, -0.2) is 37.9 Å². The van der Waals surface area contributed by atoms with Crippen LogP contribution in [0.15, 0.2) is 24.3 Å². The van der Waals surface area contributed by atoms with Gasteiger partial charge in [-0.3, -0.25) is 10.2 Å². The van der Waals surface area contributed by atoms with Crippen molar-refractivity contribution in [2.24, 2.45) is 0 Å². The smallest absolute Gasteiger partial charge is 0.269 e. The Bertz CT molecular complexity index is 581. The lowest BCUT2D eigenvalue weighted by molar-refractivity contribution is 0.0930. The maximum absolute atomic E-state index is 11.9. The van der Waals surface area contributed by atoms with Gasteiger partial charge < -0.3 is 9.84 Å². The fraction of sp³-hybridized carbons (Fsp3) is 0.417. The van der Waals surface area contributed by atoms with Crippen LogP contribution in [0, 0.1) is 0 Å². The van der Waals surface area contributed by atoms with Crippen LogP contribution in [0.2, 0.25) is 0 Å². The van der Waals surface area contributed by atoms with E-state index in [1.165, 1.54) is 12.1 Å². The molecule has 1 aromatic carbocycles. The molecular weight excluding hydrogens is 284 g/mol. The third-order valence-corrected chi connectivity index (χ3v) is 4.65. The van der Waals surface area contributed by atoms with Gasteiger partial charge in [-0.05, 0) is 25.0 Å². The number of hydrazine groups is 1. The first-order valence-electron chi connectivity index (χ1n) is 6.17. The second-order valence-electron chi connectivity index (χ2n) is 4.46. The second-order valence-corrected chi connectivity index (χ2v) is 6.42. The molecule has 0 aromatic heterocycles. The summed E-state index contributed by atoms with van der Waals surface area (Å²) in [6, 6.07) is 5.87. The number of sulfonamides is 1. The van der Waals surface area contributed by atoms with Crippen molar-refractivity contribution in [2.45, 2.75) is 18.1 Å². The molecule has 7 nitrogen and oxygen atoms in total. The van der Waals surface area contributed by atoms with Gasteiger partial charge >= 0.3 is 0 Å². The number of nitrogens with one attached hydrogen (secondary N) is 2. The predicted molar refractivity (Wildman–Crippen MR) is 71.5 cm³/mol. The molecule has 20 heavy (non-hydrogen) atoms. The Morgan fingerprint density at radius 3 is 2.75 bits per heavy atom. The second kappa shape index (κ2) is 6.21. The number of phenols is 1. The number of hydrogen-bond donors (Lipinski definition) is 3. The molecule has 1 aromatic rings. The van der Waals surface area contributed by atoms with Crippen molar-refractivity contribution in [3.05, 3.63) is 29.8 Å². The summed E-state index contributed by atoms with van der Waals surface area (Å²) in [7, 11) is -3.69. The van der Waals surface area contributed by atoms with Gasteiger partial charge in [0.25, 0.3) is 5.91 Å². The Hall–Kier alpha value is -1.64. The van der Waals surface area contributed by atoms with Gasteiger partial charge in [0.2, 0.25) is 10.0 Å². The highest BCUT2D eigenvalue weighted by atomic mass is 32.2. The quantitative estimate of drug-likeness (QED) is 0.686. The number of aromatic hydroxyl groups is 1. The van der Waals surface area contributed by atoms with E-state index in [4.69, 9.17) is 4.74 Å². The number of para-hydroxylation sites is 1. The molecule has 0 spiro atoms. The van der Waals surface area contributed by atoms with Gasteiger partial charge in [0.1, 0.15) is 11.0 Å². The van der Waals surface area contributed by atoms with E-state index in [1.54, 1.807) is 12.1 Å². The van der Waals surface area contributed by atoms with Crippen molar-refractivity contribution in [2.75, 3.05) is 13.2 Å². The van der Waals surface area contributed by atoms with E-state index < -0.39 is 21.2 Å². The summed E-state index contributed by atoms with van der Waals surface area (Å²) in [5.41, 5.74) is 2.08. The molecule has 1 aliphatic rings. The van der Waals surface area contributed by atoms with Crippen LogP contribution in [0.1, 0.15) is 23.2 Å². The summed E-state index contributed by atoms with van der Waals surface area (Å²) < 4.78 is 29.0. The summed E-state index contributed by atoms with van der Waals surface area (Å²) in [5, 5.41) is 8.82. The molecule has 1 amide bonds. The molecule has 8 heteroatoms. The number of phenolic OH excluding ortho intramolecular Hbond substituents is 1. The maximum Gasteiger partial charge on any atom is 0.269 e. The van der Waals surface area contributed by atoms with E-state index >= 15 is 0 Å². The molecule has 0 aliphatic carbocycles. The van der Waals surface area contributed by atoms with Gasteiger partial charge in [-0.15, -0.1) is 4.83 Å². The molecule has 0 saturated carbocycles. The van der Waals surface area contributed by atoms with Crippen molar-refractivity contribution in [3.8, 4) is 5.75 Å². The summed E-state index contributed by atoms with van der Waals surface area (Å²) in [4.78, 5) is 13.8. The van der Waals surface area contributed by atoms with Crippen LogP contribution in [0.25, 0.3) is 0 Å². The Kier molecular flexibility index (Phi) is 4.58. The average molecular weight is 300 g/mol. The molecule has 2 rings (SSSR count). The molecule has 0 unspecified atom stereocenters. The molecule has 3 N–H and O–H groups in total. The van der Waals surface area contributed by atoms with Crippen molar-refractivity contribution >= 4 is 15.9 Å². The third-order valence-electron chi connectivity index (χ3n) is 3.01. The molecular formula is C12H16N2O5S. The van der Waals surface area contributed by atoms with E-state index in [1.807, 2.05) is 4.83 Å². The summed E-state index contributed by atoms with van der Waals surface area (Å²) in [6.45, 7) is 0.665. The topological polar surface area (TPSA) is 105 Å². The van der Waals surface area contributed by atoms with Crippen molar-refractivity contribution < 1.29 is 23.1 Å². The standard InChI is InChI=1S/C12H16N2O5S/c15-11-6-2-1-5-10(11)12(16)13-14-20(17,18)9-4-3-7-19-8-9/h1-2,5-6,9,14-15H,3-4,7-8H2,(H,13,16)/t9-/m1/s1. The lowest BCUT2D eigenvalue weighted by atomic mass is 10.2. The Balaban J connectivity index is 1.97. The number of carbonyl (C=O) groups is 1. The van der Waals surface area contributed by atoms with Crippen LogP contribution in [0.4, 0.5) is 0 Å². The van der Waals surface area contributed by atoms with Gasteiger partial charge in [0.05, 0.1) is 12.2 Å². The van der Waals surface area contributed by atoms with Gasteiger partial charge in [-0.2, -0.15) is 0 Å². The van der Waals surface area contributed by atoms with Crippen LogP contribution < -0.4 is 10.3 Å². The zero-order chi connectivity index (χ0) is 14.6. The molecule has 0 radical (unpaired) electrons. The Morgan fingerprint density at radius 2 is 2.10 bits per heavy atom. The van der Waals surface area contributed by atoms with Crippen LogP contribution >= 0.6 is 0 Å². The SMILES string of the molecule is O=C(NNS(=O)(=O)[C@@H]1CCCOC1)c1ccccc1O. The molecule has 1 aliphatic heterocycles. The number of ether oxygens (including phenoxy) is 1. The Labute approximate surface area is 117 Å². The molecule has 1 fully saturated rings. The highest BCUT2D eigenvalue weighted by molar-refractivity contribution is 7.90. The van der Waals surface area contributed by atoms with Crippen molar-refractivity contribution in [1.82, 2.24) is 10.3 Å². The van der Waals surface area contributed by atoms with Crippen LogP contribution in [0.3, 0.4) is 0 Å². The molecule has 1 saturated heterocycles. The molecule has 110 valence electrons. The van der Waals surface area contributed by atoms with E-state index in [-0.39, 0.29) is 17.9 Å². The third kappa shape index (κ3) is 3.47. The van der Waals surface area contributed by atoms with Crippen molar-refractivity contribution in [3.63, 3.8) is 0 Å². The summed E-state index contributed by atoms with van der Waals surface area (Å²) in [5.74, 6) is -0.936. The minimum atomic E-state index is -3.69. The lowest BCUT2D eigenvalue weighted by Crippen LogP contribution is -2.48. The Morgan fingerprint density at radius 1 is 1.35 bits per heavy atom. The van der Waals surface area contributed by atoms with E-state index in [9.17, 15) is 18.3 Å². The molecule has 1 atom stereocenters. The summed E-state index contributed by atoms with van der Waals surface area (Å²) >= 11 is 0. The zero-order valence-corrected chi connectivity index (χ0v) is 11.5. The highest BCUT2D eigenvalue weighted by Crippen LogP contribution is 2.15. The minimum absolute atomic E-state index is 0.00454. The fourth-order valence-electron chi connectivity index (χ4n) is 1.89. The number of benzene rings is 1. The minimum Gasteiger partial charge on any atom is -0.507 e. The van der Waals surface area contributed by atoms with E-state index in [0.29, 0.717) is 19.4 Å². The number of amides is 1. The first kappa shape index (κ1) is 14.8. The zero-order valence-electron chi connectivity index (χ0n) is 10.7. The monoisotopic (exact) mass is 300 g/mol.